The molecule has 0 bridgehead atoms. The van der Waals surface area contributed by atoms with Crippen LogP contribution in [0, 0.1) is 0 Å². The zero-order chi connectivity index (χ0) is 19.1. The molecular formula is C20H25N3O3S. The van der Waals surface area contributed by atoms with Crippen molar-refractivity contribution in [1.29, 1.82) is 0 Å². The summed E-state index contributed by atoms with van der Waals surface area (Å²) < 4.78 is 5.73. The van der Waals surface area contributed by atoms with E-state index in [-0.39, 0.29) is 11.8 Å². The zero-order valence-electron chi connectivity index (χ0n) is 15.5. The molecule has 1 aromatic heterocycles. The Morgan fingerprint density at radius 3 is 2.56 bits per heavy atom. The highest BCUT2D eigenvalue weighted by atomic mass is 32.1. The van der Waals surface area contributed by atoms with E-state index in [1.165, 1.54) is 11.3 Å². The molecule has 7 heteroatoms. The number of amides is 2. The molecule has 144 valence electrons. The van der Waals surface area contributed by atoms with Crippen LogP contribution < -0.4 is 10.1 Å². The number of benzene rings is 1. The van der Waals surface area contributed by atoms with Crippen LogP contribution in [0.1, 0.15) is 17.3 Å². The SMILES string of the molecule is C[C@@H](Oc1ccccc1)C(=O)N1CCN(CCNC(=O)c2ccsc2)CC1. The minimum atomic E-state index is -0.496. The number of rotatable bonds is 7. The maximum Gasteiger partial charge on any atom is 0.263 e. The topological polar surface area (TPSA) is 61.9 Å². The molecule has 1 atom stereocenters. The third-order valence-corrected chi connectivity index (χ3v) is 5.27. The third-order valence-electron chi connectivity index (χ3n) is 4.58. The van der Waals surface area contributed by atoms with Crippen molar-refractivity contribution in [1.82, 2.24) is 15.1 Å². The molecule has 1 fully saturated rings. The monoisotopic (exact) mass is 387 g/mol. The number of hydrogen-bond acceptors (Lipinski definition) is 5. The second-order valence-corrected chi connectivity index (χ2v) is 7.29. The van der Waals surface area contributed by atoms with Crippen molar-refractivity contribution in [2.24, 2.45) is 0 Å². The highest BCUT2D eigenvalue weighted by molar-refractivity contribution is 7.08. The van der Waals surface area contributed by atoms with Gasteiger partial charge in [0, 0.05) is 50.2 Å². The molecule has 0 radical (unpaired) electrons. The number of ether oxygens (including phenoxy) is 1. The van der Waals surface area contributed by atoms with Gasteiger partial charge in [-0.25, -0.2) is 0 Å². The van der Waals surface area contributed by atoms with Gasteiger partial charge in [-0.05, 0) is 30.5 Å². The molecule has 6 nitrogen and oxygen atoms in total. The van der Waals surface area contributed by atoms with Crippen LogP contribution in [0.15, 0.2) is 47.2 Å². The summed E-state index contributed by atoms with van der Waals surface area (Å²) in [5.74, 6) is 0.694. The number of hydrogen-bond donors (Lipinski definition) is 1. The van der Waals surface area contributed by atoms with Crippen LogP contribution in [-0.4, -0.2) is 67.0 Å². The van der Waals surface area contributed by atoms with Gasteiger partial charge < -0.3 is 15.0 Å². The molecule has 27 heavy (non-hydrogen) atoms. The summed E-state index contributed by atoms with van der Waals surface area (Å²) in [5.41, 5.74) is 0.711. The Balaban J connectivity index is 1.36. The summed E-state index contributed by atoms with van der Waals surface area (Å²) in [4.78, 5) is 28.6. The first-order chi connectivity index (χ1) is 13.1. The molecular weight excluding hydrogens is 362 g/mol. The van der Waals surface area contributed by atoms with Gasteiger partial charge in [-0.3, -0.25) is 14.5 Å². The molecule has 0 unspecified atom stereocenters. The molecule has 2 aromatic rings. The van der Waals surface area contributed by atoms with Gasteiger partial charge in [0.2, 0.25) is 0 Å². The second-order valence-electron chi connectivity index (χ2n) is 6.51. The van der Waals surface area contributed by atoms with Crippen LogP contribution in [0.5, 0.6) is 5.75 Å². The molecule has 1 aliphatic rings. The maximum absolute atomic E-state index is 12.6. The van der Waals surface area contributed by atoms with Crippen molar-refractivity contribution < 1.29 is 14.3 Å². The van der Waals surface area contributed by atoms with Gasteiger partial charge >= 0.3 is 0 Å². The normalized spacial score (nSPS) is 16.0. The zero-order valence-corrected chi connectivity index (χ0v) is 16.3. The van der Waals surface area contributed by atoms with Crippen molar-refractivity contribution in [3.05, 3.63) is 52.7 Å². The van der Waals surface area contributed by atoms with E-state index in [2.05, 4.69) is 10.2 Å². The van der Waals surface area contributed by atoms with E-state index in [0.29, 0.717) is 30.9 Å². The molecule has 2 heterocycles. The van der Waals surface area contributed by atoms with Crippen LogP contribution in [0.25, 0.3) is 0 Å². The van der Waals surface area contributed by atoms with Gasteiger partial charge in [0.05, 0.1) is 0 Å². The van der Waals surface area contributed by atoms with Gasteiger partial charge in [0.25, 0.3) is 11.8 Å². The molecule has 0 saturated carbocycles. The second kappa shape index (κ2) is 9.53. The van der Waals surface area contributed by atoms with Gasteiger partial charge in [-0.15, -0.1) is 0 Å². The summed E-state index contributed by atoms with van der Waals surface area (Å²) in [7, 11) is 0. The van der Waals surface area contributed by atoms with Crippen molar-refractivity contribution >= 4 is 23.2 Å². The average molecular weight is 388 g/mol. The Labute approximate surface area is 163 Å². The highest BCUT2D eigenvalue weighted by Crippen LogP contribution is 2.13. The highest BCUT2D eigenvalue weighted by Gasteiger charge is 2.25. The van der Waals surface area contributed by atoms with Crippen LogP contribution in [0.4, 0.5) is 0 Å². The molecule has 0 spiro atoms. The van der Waals surface area contributed by atoms with Gasteiger partial charge in [-0.1, -0.05) is 18.2 Å². The van der Waals surface area contributed by atoms with Crippen molar-refractivity contribution in [2.75, 3.05) is 39.3 Å². The minimum Gasteiger partial charge on any atom is -0.481 e. The summed E-state index contributed by atoms with van der Waals surface area (Å²) in [6.45, 7) is 6.15. The lowest BCUT2D eigenvalue weighted by Crippen LogP contribution is -2.52. The number of carbonyl (C=O) groups excluding carboxylic acids is 2. The number of piperazine rings is 1. The van der Waals surface area contributed by atoms with E-state index in [1.807, 2.05) is 52.1 Å². The standard InChI is InChI=1S/C20H25N3O3S/c1-16(26-18-5-3-2-4-6-18)20(25)23-12-10-22(11-13-23)9-8-21-19(24)17-7-14-27-15-17/h2-7,14-16H,8-13H2,1H3,(H,21,24)/t16-/m1/s1. The number of para-hydroxylation sites is 1. The van der Waals surface area contributed by atoms with E-state index < -0.39 is 6.10 Å². The maximum atomic E-state index is 12.6. The Morgan fingerprint density at radius 1 is 1.15 bits per heavy atom. The summed E-state index contributed by atoms with van der Waals surface area (Å²) in [6, 6.07) is 11.2. The molecule has 1 saturated heterocycles. The Kier molecular flexibility index (Phi) is 6.84. The Bertz CT molecular complexity index is 728. The first kappa shape index (κ1) is 19.4. The van der Waals surface area contributed by atoms with E-state index in [0.717, 1.165) is 19.6 Å². The number of nitrogens with zero attached hydrogens (tertiary/aromatic N) is 2. The van der Waals surface area contributed by atoms with Crippen molar-refractivity contribution in [2.45, 2.75) is 13.0 Å². The molecule has 0 aliphatic carbocycles. The van der Waals surface area contributed by atoms with Crippen LogP contribution in [0.2, 0.25) is 0 Å². The smallest absolute Gasteiger partial charge is 0.263 e. The fourth-order valence-electron chi connectivity index (χ4n) is 3.03. The minimum absolute atomic E-state index is 0.0178. The van der Waals surface area contributed by atoms with Crippen LogP contribution >= 0.6 is 11.3 Å². The predicted octanol–water partition coefficient (Wildman–Crippen LogP) is 2.09. The fraction of sp³-hybridized carbons (Fsp3) is 0.400. The van der Waals surface area contributed by atoms with E-state index >= 15 is 0 Å². The van der Waals surface area contributed by atoms with E-state index in [1.54, 1.807) is 6.92 Å². The summed E-state index contributed by atoms with van der Waals surface area (Å²) in [5, 5.41) is 6.68. The van der Waals surface area contributed by atoms with Crippen LogP contribution in [-0.2, 0) is 4.79 Å². The predicted molar refractivity (Wildman–Crippen MR) is 106 cm³/mol. The largest absolute Gasteiger partial charge is 0.481 e. The first-order valence-electron chi connectivity index (χ1n) is 9.17. The number of thiophene rings is 1. The Morgan fingerprint density at radius 2 is 1.89 bits per heavy atom. The summed E-state index contributed by atoms with van der Waals surface area (Å²) >= 11 is 1.52. The first-order valence-corrected chi connectivity index (χ1v) is 10.1. The fourth-order valence-corrected chi connectivity index (χ4v) is 3.66. The molecule has 3 rings (SSSR count). The summed E-state index contributed by atoms with van der Waals surface area (Å²) in [6.07, 6.45) is -0.496. The molecule has 1 aliphatic heterocycles. The van der Waals surface area contributed by atoms with Crippen LogP contribution in [0.3, 0.4) is 0 Å². The average Bonchev–Trinajstić information content (AvgIpc) is 3.23. The molecule has 1 aromatic carbocycles. The van der Waals surface area contributed by atoms with Crippen molar-refractivity contribution in [3.63, 3.8) is 0 Å². The van der Waals surface area contributed by atoms with Gasteiger partial charge in [-0.2, -0.15) is 11.3 Å². The lowest BCUT2D eigenvalue weighted by molar-refractivity contribution is -0.139. The van der Waals surface area contributed by atoms with E-state index in [9.17, 15) is 9.59 Å². The van der Waals surface area contributed by atoms with Gasteiger partial charge in [0.1, 0.15) is 5.75 Å². The Hall–Kier alpha value is -2.38. The number of carbonyl (C=O) groups is 2. The van der Waals surface area contributed by atoms with Crippen molar-refractivity contribution in [3.8, 4) is 5.75 Å². The van der Waals surface area contributed by atoms with Gasteiger partial charge in [0.15, 0.2) is 6.10 Å². The lowest BCUT2D eigenvalue weighted by Gasteiger charge is -2.35. The quantitative estimate of drug-likeness (QED) is 0.790. The number of nitrogens with one attached hydrogen (secondary N) is 1. The third kappa shape index (κ3) is 5.55. The molecule has 1 N–H and O–H groups in total. The molecule has 2 amide bonds. The lowest BCUT2D eigenvalue weighted by atomic mass is 10.2. The van der Waals surface area contributed by atoms with E-state index in [4.69, 9.17) is 4.74 Å².